The van der Waals surface area contributed by atoms with Crippen LogP contribution in [0.4, 0.5) is 0 Å². The minimum absolute atomic E-state index is 0.0319. The monoisotopic (exact) mass is 432 g/mol. The first-order chi connectivity index (χ1) is 15.6. The highest BCUT2D eigenvalue weighted by atomic mass is 16.5. The Morgan fingerprint density at radius 1 is 0.781 bits per heavy atom. The largest absolute Gasteiger partial charge is 0.490 e. The zero-order valence-electron chi connectivity index (χ0n) is 17.7. The van der Waals surface area contributed by atoms with Crippen LogP contribution in [0.15, 0.2) is 84.6 Å². The summed E-state index contributed by atoms with van der Waals surface area (Å²) in [6, 6.07) is 23.1. The maximum absolute atomic E-state index is 12.4. The maximum atomic E-state index is 12.4. The Kier molecular flexibility index (Phi) is 8.03. The van der Waals surface area contributed by atoms with Gasteiger partial charge in [-0.15, -0.1) is 0 Å². The van der Waals surface area contributed by atoms with E-state index < -0.39 is 5.97 Å². The molecule has 0 fully saturated rings. The van der Waals surface area contributed by atoms with Gasteiger partial charge in [0.2, 0.25) is 5.76 Å². The van der Waals surface area contributed by atoms with Crippen LogP contribution in [0.5, 0.6) is 11.5 Å². The lowest BCUT2D eigenvalue weighted by Crippen LogP contribution is -2.09. The molecule has 0 amide bonds. The number of carbonyl (C=O) groups is 2. The highest BCUT2D eigenvalue weighted by molar-refractivity contribution is 6.08. The minimum atomic E-state index is -1.11. The van der Waals surface area contributed by atoms with Crippen LogP contribution >= 0.6 is 0 Å². The van der Waals surface area contributed by atoms with E-state index in [0.717, 1.165) is 0 Å². The summed E-state index contributed by atoms with van der Waals surface area (Å²) in [4.78, 5) is 23.5. The predicted octanol–water partition coefficient (Wildman–Crippen LogP) is 4.84. The molecule has 164 valence electrons. The van der Waals surface area contributed by atoms with Crippen molar-refractivity contribution < 1.29 is 28.9 Å². The number of rotatable bonds is 11. The number of ketones is 1. The lowest BCUT2D eigenvalue weighted by Gasteiger charge is -2.09. The SMILES string of the molecule is CCOC(=Cc1ccc(OCCOc2ccc(C(=O)c3ccccc3)cc2)cc1)C(=O)O. The molecular formula is C26H24O6. The molecule has 3 aromatic rings. The Morgan fingerprint density at radius 3 is 1.84 bits per heavy atom. The van der Waals surface area contributed by atoms with Crippen molar-refractivity contribution in [2.24, 2.45) is 0 Å². The number of ether oxygens (including phenoxy) is 3. The molecular weight excluding hydrogens is 408 g/mol. The van der Waals surface area contributed by atoms with E-state index in [-0.39, 0.29) is 18.1 Å². The normalized spacial score (nSPS) is 11.0. The topological polar surface area (TPSA) is 82.1 Å². The van der Waals surface area contributed by atoms with Gasteiger partial charge in [0.05, 0.1) is 6.61 Å². The molecule has 0 aliphatic rings. The van der Waals surface area contributed by atoms with E-state index in [4.69, 9.17) is 19.3 Å². The van der Waals surface area contributed by atoms with Gasteiger partial charge in [-0.05, 0) is 55.0 Å². The Balaban J connectivity index is 1.46. The molecule has 0 saturated heterocycles. The fraction of sp³-hybridized carbons (Fsp3) is 0.154. The van der Waals surface area contributed by atoms with Gasteiger partial charge in [0.1, 0.15) is 24.7 Å². The van der Waals surface area contributed by atoms with Crippen molar-refractivity contribution in [2.75, 3.05) is 19.8 Å². The molecule has 3 rings (SSSR count). The molecule has 0 atom stereocenters. The third-order valence-electron chi connectivity index (χ3n) is 4.46. The van der Waals surface area contributed by atoms with Gasteiger partial charge in [0.25, 0.3) is 0 Å². The van der Waals surface area contributed by atoms with Gasteiger partial charge in [-0.2, -0.15) is 0 Å². The van der Waals surface area contributed by atoms with Crippen LogP contribution in [0.25, 0.3) is 6.08 Å². The Morgan fingerprint density at radius 2 is 1.31 bits per heavy atom. The van der Waals surface area contributed by atoms with E-state index in [1.807, 2.05) is 18.2 Å². The summed E-state index contributed by atoms with van der Waals surface area (Å²) >= 11 is 0. The number of hydrogen-bond donors (Lipinski definition) is 1. The highest BCUT2D eigenvalue weighted by Gasteiger charge is 2.09. The average Bonchev–Trinajstić information content (AvgIpc) is 2.83. The summed E-state index contributed by atoms with van der Waals surface area (Å²) in [5, 5.41) is 9.10. The summed E-state index contributed by atoms with van der Waals surface area (Å²) in [5.41, 5.74) is 1.95. The van der Waals surface area contributed by atoms with E-state index >= 15 is 0 Å². The summed E-state index contributed by atoms with van der Waals surface area (Å²) in [6.07, 6.45) is 1.46. The summed E-state index contributed by atoms with van der Waals surface area (Å²) < 4.78 is 16.4. The molecule has 0 spiro atoms. The smallest absolute Gasteiger partial charge is 0.371 e. The van der Waals surface area contributed by atoms with Gasteiger partial charge in [-0.3, -0.25) is 4.79 Å². The fourth-order valence-corrected chi connectivity index (χ4v) is 2.91. The van der Waals surface area contributed by atoms with E-state index in [1.54, 1.807) is 67.6 Å². The van der Waals surface area contributed by atoms with Crippen molar-refractivity contribution in [3.05, 3.63) is 101 Å². The molecule has 0 aromatic heterocycles. The Labute approximate surface area is 186 Å². The summed E-state index contributed by atoms with van der Waals surface area (Å²) in [7, 11) is 0. The first-order valence-corrected chi connectivity index (χ1v) is 10.2. The third kappa shape index (κ3) is 6.47. The van der Waals surface area contributed by atoms with Gasteiger partial charge in [0, 0.05) is 11.1 Å². The predicted molar refractivity (Wildman–Crippen MR) is 121 cm³/mol. The van der Waals surface area contributed by atoms with Gasteiger partial charge in [0.15, 0.2) is 5.78 Å². The second kappa shape index (κ2) is 11.4. The number of hydrogen-bond acceptors (Lipinski definition) is 5. The van der Waals surface area contributed by atoms with Crippen LogP contribution in [-0.4, -0.2) is 36.7 Å². The number of carbonyl (C=O) groups excluding carboxylic acids is 1. The first-order valence-electron chi connectivity index (χ1n) is 10.2. The zero-order chi connectivity index (χ0) is 22.8. The van der Waals surface area contributed by atoms with E-state index in [1.165, 1.54) is 6.08 Å². The average molecular weight is 432 g/mol. The van der Waals surface area contributed by atoms with Gasteiger partial charge in [-0.1, -0.05) is 42.5 Å². The molecule has 0 saturated carbocycles. The minimum Gasteiger partial charge on any atom is -0.490 e. The van der Waals surface area contributed by atoms with E-state index in [0.29, 0.717) is 41.4 Å². The van der Waals surface area contributed by atoms with Crippen molar-refractivity contribution >= 4 is 17.8 Å². The van der Waals surface area contributed by atoms with Crippen LogP contribution in [0.3, 0.4) is 0 Å². The van der Waals surface area contributed by atoms with E-state index in [2.05, 4.69) is 0 Å². The lowest BCUT2D eigenvalue weighted by molar-refractivity contribution is -0.136. The first kappa shape index (κ1) is 22.6. The molecule has 32 heavy (non-hydrogen) atoms. The number of benzene rings is 3. The van der Waals surface area contributed by atoms with Crippen LogP contribution in [-0.2, 0) is 9.53 Å². The Hall–Kier alpha value is -4.06. The maximum Gasteiger partial charge on any atom is 0.371 e. The van der Waals surface area contributed by atoms with Crippen LogP contribution in [0.2, 0.25) is 0 Å². The second-order valence-electron chi connectivity index (χ2n) is 6.73. The zero-order valence-corrected chi connectivity index (χ0v) is 17.7. The Bertz CT molecular complexity index is 1050. The van der Waals surface area contributed by atoms with Crippen LogP contribution < -0.4 is 9.47 Å². The van der Waals surface area contributed by atoms with Crippen molar-refractivity contribution in [2.45, 2.75) is 6.92 Å². The molecule has 0 unspecified atom stereocenters. The third-order valence-corrected chi connectivity index (χ3v) is 4.46. The molecule has 0 aliphatic carbocycles. The summed E-state index contributed by atoms with van der Waals surface area (Å²) in [5.74, 6) is 0.0435. The molecule has 0 heterocycles. The summed E-state index contributed by atoms with van der Waals surface area (Å²) in [6.45, 7) is 2.68. The molecule has 0 radical (unpaired) electrons. The molecule has 6 nitrogen and oxygen atoms in total. The van der Waals surface area contributed by atoms with Gasteiger partial charge >= 0.3 is 5.97 Å². The van der Waals surface area contributed by atoms with Crippen molar-refractivity contribution in [3.63, 3.8) is 0 Å². The van der Waals surface area contributed by atoms with Crippen molar-refractivity contribution in [3.8, 4) is 11.5 Å². The number of aliphatic carboxylic acids is 1. The quantitative estimate of drug-likeness (QED) is 0.202. The molecule has 0 bridgehead atoms. The standard InChI is InChI=1S/C26H24O6/c1-2-30-24(26(28)29)18-19-8-12-22(13-9-19)31-16-17-32-23-14-10-21(11-15-23)25(27)20-6-4-3-5-7-20/h3-15,18H,2,16-17H2,1H3,(H,28,29). The van der Waals surface area contributed by atoms with Crippen LogP contribution in [0.1, 0.15) is 28.4 Å². The number of carboxylic acid groups (broad SMARTS) is 1. The fourth-order valence-electron chi connectivity index (χ4n) is 2.91. The number of carboxylic acids is 1. The van der Waals surface area contributed by atoms with E-state index in [9.17, 15) is 9.59 Å². The van der Waals surface area contributed by atoms with Crippen molar-refractivity contribution in [1.29, 1.82) is 0 Å². The molecule has 0 aliphatic heterocycles. The molecule has 3 aromatic carbocycles. The van der Waals surface area contributed by atoms with Crippen LogP contribution in [0, 0.1) is 0 Å². The van der Waals surface area contributed by atoms with Gasteiger partial charge < -0.3 is 19.3 Å². The second-order valence-corrected chi connectivity index (χ2v) is 6.73. The van der Waals surface area contributed by atoms with Crippen molar-refractivity contribution in [1.82, 2.24) is 0 Å². The highest BCUT2D eigenvalue weighted by Crippen LogP contribution is 2.17. The molecule has 6 heteroatoms. The lowest BCUT2D eigenvalue weighted by atomic mass is 10.0. The molecule has 1 N–H and O–H groups in total. The van der Waals surface area contributed by atoms with Gasteiger partial charge in [-0.25, -0.2) is 4.79 Å².